The van der Waals surface area contributed by atoms with E-state index in [1.165, 1.54) is 5.56 Å². The van der Waals surface area contributed by atoms with E-state index in [9.17, 15) is 0 Å². The van der Waals surface area contributed by atoms with Gasteiger partial charge in [-0.1, -0.05) is 47.1 Å². The molecule has 0 amide bonds. The minimum absolute atomic E-state index is 0.841. The maximum absolute atomic E-state index is 6.08. The summed E-state index contributed by atoms with van der Waals surface area (Å²) in [5.74, 6) is 0. The predicted molar refractivity (Wildman–Crippen MR) is 86.3 cm³/mol. The van der Waals surface area contributed by atoms with Gasteiger partial charge >= 0.3 is 0 Å². The highest BCUT2D eigenvalue weighted by Gasteiger charge is 2.09. The standard InChI is InChI=1S/C16H19BrN2/c1-2-11-19(16-6-4-3-5-15(16)18)12-13-7-9-14(17)10-8-13/h3-10H,2,11-12,18H2,1H3. The molecule has 19 heavy (non-hydrogen) atoms. The van der Waals surface area contributed by atoms with E-state index in [1.54, 1.807) is 0 Å². The minimum atomic E-state index is 0.841. The molecule has 0 spiro atoms. The van der Waals surface area contributed by atoms with Gasteiger partial charge in [0.2, 0.25) is 0 Å². The molecular formula is C16H19BrN2. The van der Waals surface area contributed by atoms with Crippen LogP contribution >= 0.6 is 15.9 Å². The Kier molecular flexibility index (Phi) is 4.86. The fraction of sp³-hybridized carbons (Fsp3) is 0.250. The first kappa shape index (κ1) is 13.9. The number of rotatable bonds is 5. The van der Waals surface area contributed by atoms with Crippen molar-refractivity contribution in [3.05, 3.63) is 58.6 Å². The third-order valence-electron chi connectivity index (χ3n) is 3.06. The molecule has 0 heterocycles. The Morgan fingerprint density at radius 1 is 1.05 bits per heavy atom. The first-order chi connectivity index (χ1) is 9.20. The van der Waals surface area contributed by atoms with Gasteiger partial charge in [0.25, 0.3) is 0 Å². The summed E-state index contributed by atoms with van der Waals surface area (Å²) in [4.78, 5) is 2.33. The third kappa shape index (κ3) is 3.74. The summed E-state index contributed by atoms with van der Waals surface area (Å²) in [7, 11) is 0. The fourth-order valence-electron chi connectivity index (χ4n) is 2.14. The average Bonchev–Trinajstić information content (AvgIpc) is 2.41. The topological polar surface area (TPSA) is 29.3 Å². The summed E-state index contributed by atoms with van der Waals surface area (Å²) in [6, 6.07) is 16.5. The number of nitrogens with two attached hydrogens (primary N) is 1. The lowest BCUT2D eigenvalue weighted by molar-refractivity contribution is 0.768. The highest BCUT2D eigenvalue weighted by atomic mass is 79.9. The predicted octanol–water partition coefficient (Wildman–Crippen LogP) is 4.45. The van der Waals surface area contributed by atoms with Crippen LogP contribution in [0.25, 0.3) is 0 Å². The van der Waals surface area contributed by atoms with E-state index < -0.39 is 0 Å². The van der Waals surface area contributed by atoms with E-state index >= 15 is 0 Å². The molecule has 0 saturated carbocycles. The van der Waals surface area contributed by atoms with Crippen LogP contribution in [-0.2, 0) is 6.54 Å². The van der Waals surface area contributed by atoms with Gasteiger partial charge in [-0.2, -0.15) is 0 Å². The zero-order valence-electron chi connectivity index (χ0n) is 11.1. The van der Waals surface area contributed by atoms with Crippen molar-refractivity contribution < 1.29 is 0 Å². The molecule has 0 saturated heterocycles. The van der Waals surface area contributed by atoms with E-state index in [4.69, 9.17) is 5.73 Å². The van der Waals surface area contributed by atoms with Crippen molar-refractivity contribution in [3.63, 3.8) is 0 Å². The van der Waals surface area contributed by atoms with Crippen molar-refractivity contribution in [1.82, 2.24) is 0 Å². The highest BCUT2D eigenvalue weighted by molar-refractivity contribution is 9.10. The molecule has 3 heteroatoms. The number of hydrogen-bond donors (Lipinski definition) is 1. The number of nitrogen functional groups attached to an aromatic ring is 1. The highest BCUT2D eigenvalue weighted by Crippen LogP contribution is 2.24. The largest absolute Gasteiger partial charge is 0.397 e. The summed E-state index contributed by atoms with van der Waals surface area (Å²) in [6.45, 7) is 4.08. The molecule has 0 radical (unpaired) electrons. The molecule has 0 fully saturated rings. The van der Waals surface area contributed by atoms with Gasteiger partial charge in [-0.05, 0) is 36.2 Å². The van der Waals surface area contributed by atoms with Gasteiger partial charge in [0.15, 0.2) is 0 Å². The van der Waals surface area contributed by atoms with Gasteiger partial charge in [-0.25, -0.2) is 0 Å². The Morgan fingerprint density at radius 2 is 1.74 bits per heavy atom. The number of para-hydroxylation sites is 2. The molecule has 100 valence electrons. The normalized spacial score (nSPS) is 10.4. The molecular weight excluding hydrogens is 300 g/mol. The van der Waals surface area contributed by atoms with Gasteiger partial charge in [0.05, 0.1) is 11.4 Å². The Bertz CT molecular complexity index is 523. The van der Waals surface area contributed by atoms with Crippen molar-refractivity contribution in [3.8, 4) is 0 Å². The van der Waals surface area contributed by atoms with Gasteiger partial charge < -0.3 is 10.6 Å². The van der Waals surface area contributed by atoms with E-state index in [-0.39, 0.29) is 0 Å². The van der Waals surface area contributed by atoms with Crippen LogP contribution in [0.4, 0.5) is 11.4 Å². The summed E-state index contributed by atoms with van der Waals surface area (Å²) >= 11 is 3.47. The van der Waals surface area contributed by atoms with Gasteiger partial charge in [-0.3, -0.25) is 0 Å². The number of halogens is 1. The molecule has 0 aliphatic carbocycles. The van der Waals surface area contributed by atoms with Crippen LogP contribution in [0.5, 0.6) is 0 Å². The molecule has 2 nitrogen and oxygen atoms in total. The van der Waals surface area contributed by atoms with Crippen molar-refractivity contribution in [2.75, 3.05) is 17.2 Å². The molecule has 0 aliphatic rings. The lowest BCUT2D eigenvalue weighted by atomic mass is 10.1. The van der Waals surface area contributed by atoms with Crippen LogP contribution in [-0.4, -0.2) is 6.54 Å². The van der Waals surface area contributed by atoms with Crippen molar-refractivity contribution in [2.45, 2.75) is 19.9 Å². The van der Waals surface area contributed by atoms with E-state index in [1.807, 2.05) is 18.2 Å². The molecule has 0 aromatic heterocycles. The average molecular weight is 319 g/mol. The van der Waals surface area contributed by atoms with Crippen molar-refractivity contribution in [2.24, 2.45) is 0 Å². The van der Waals surface area contributed by atoms with E-state index in [2.05, 4.69) is 58.1 Å². The minimum Gasteiger partial charge on any atom is -0.397 e. The van der Waals surface area contributed by atoms with E-state index in [0.717, 1.165) is 35.4 Å². The van der Waals surface area contributed by atoms with Crippen LogP contribution in [0.2, 0.25) is 0 Å². The second-order valence-corrected chi connectivity index (χ2v) is 5.52. The first-order valence-electron chi connectivity index (χ1n) is 6.54. The molecule has 2 aromatic carbocycles. The second-order valence-electron chi connectivity index (χ2n) is 4.61. The van der Waals surface area contributed by atoms with Gasteiger partial charge in [0, 0.05) is 17.6 Å². The molecule has 0 bridgehead atoms. The summed E-state index contributed by atoms with van der Waals surface area (Å²) in [5.41, 5.74) is 9.33. The van der Waals surface area contributed by atoms with Crippen LogP contribution in [0.1, 0.15) is 18.9 Å². The van der Waals surface area contributed by atoms with Crippen molar-refractivity contribution >= 4 is 27.3 Å². The lowest BCUT2D eigenvalue weighted by Crippen LogP contribution is -2.24. The first-order valence-corrected chi connectivity index (χ1v) is 7.34. The molecule has 2 rings (SSSR count). The quantitative estimate of drug-likeness (QED) is 0.825. The summed E-state index contributed by atoms with van der Waals surface area (Å²) < 4.78 is 1.11. The maximum Gasteiger partial charge on any atom is 0.0602 e. The maximum atomic E-state index is 6.08. The smallest absolute Gasteiger partial charge is 0.0602 e. The van der Waals surface area contributed by atoms with Gasteiger partial charge in [0.1, 0.15) is 0 Å². The zero-order valence-corrected chi connectivity index (χ0v) is 12.7. The fourth-order valence-corrected chi connectivity index (χ4v) is 2.40. The Labute approximate surface area is 123 Å². The van der Waals surface area contributed by atoms with Crippen LogP contribution in [0.15, 0.2) is 53.0 Å². The monoisotopic (exact) mass is 318 g/mol. The molecule has 2 aromatic rings. The Balaban J connectivity index is 2.21. The van der Waals surface area contributed by atoms with Crippen LogP contribution in [0, 0.1) is 0 Å². The zero-order chi connectivity index (χ0) is 13.7. The number of nitrogens with zero attached hydrogens (tertiary/aromatic N) is 1. The lowest BCUT2D eigenvalue weighted by Gasteiger charge is -2.26. The number of anilines is 2. The number of benzene rings is 2. The van der Waals surface area contributed by atoms with Crippen LogP contribution < -0.4 is 10.6 Å². The van der Waals surface area contributed by atoms with E-state index in [0.29, 0.717) is 0 Å². The van der Waals surface area contributed by atoms with Crippen LogP contribution in [0.3, 0.4) is 0 Å². The molecule has 0 unspecified atom stereocenters. The summed E-state index contributed by atoms with van der Waals surface area (Å²) in [6.07, 6.45) is 1.10. The molecule has 0 atom stereocenters. The van der Waals surface area contributed by atoms with Gasteiger partial charge in [-0.15, -0.1) is 0 Å². The summed E-state index contributed by atoms with van der Waals surface area (Å²) in [5, 5.41) is 0. The van der Waals surface area contributed by atoms with Crippen molar-refractivity contribution in [1.29, 1.82) is 0 Å². The Hall–Kier alpha value is -1.48. The SMILES string of the molecule is CCCN(Cc1ccc(Br)cc1)c1ccccc1N. The Morgan fingerprint density at radius 3 is 2.37 bits per heavy atom. The number of hydrogen-bond acceptors (Lipinski definition) is 2. The molecule has 0 aliphatic heterocycles. The third-order valence-corrected chi connectivity index (χ3v) is 3.59. The second kappa shape index (κ2) is 6.62. The molecule has 2 N–H and O–H groups in total.